The summed E-state index contributed by atoms with van der Waals surface area (Å²) in [5.41, 5.74) is 0. The van der Waals surface area contributed by atoms with Gasteiger partial charge < -0.3 is 5.32 Å². The highest BCUT2D eigenvalue weighted by molar-refractivity contribution is 7.74. The zero-order chi connectivity index (χ0) is 11.0. The average Bonchev–Trinajstić information content (AvgIpc) is 2.11. The van der Waals surface area contributed by atoms with Gasteiger partial charge in [-0.3, -0.25) is 13.5 Å². The third-order valence-corrected chi connectivity index (χ3v) is 1.92. The summed E-state index contributed by atoms with van der Waals surface area (Å²) in [6.45, 7) is 3.77. The van der Waals surface area contributed by atoms with Crippen molar-refractivity contribution >= 4 is 17.3 Å². The number of nitrogens with one attached hydrogen (secondary N) is 1. The largest absolute Gasteiger partial charge is 0.351 e. The minimum absolute atomic E-state index is 0.0426. The van der Waals surface area contributed by atoms with E-state index in [1.54, 1.807) is 6.92 Å². The molecular weight excluding hydrogens is 206 g/mol. The van der Waals surface area contributed by atoms with Crippen LogP contribution in [0.2, 0.25) is 0 Å². The van der Waals surface area contributed by atoms with Crippen LogP contribution in [0.4, 0.5) is 0 Å². The van der Waals surface area contributed by atoms with Crippen LogP contribution >= 0.6 is 0 Å². The molecule has 0 aromatic heterocycles. The maximum Gasteiger partial charge on any atom is 0.301 e. The van der Waals surface area contributed by atoms with E-state index in [0.29, 0.717) is 6.42 Å². The molecule has 0 aromatic carbocycles. The van der Waals surface area contributed by atoms with E-state index >= 15 is 0 Å². The summed E-state index contributed by atoms with van der Waals surface area (Å²) in [6, 6.07) is -0.240. The van der Waals surface area contributed by atoms with Crippen LogP contribution in [-0.4, -0.2) is 27.3 Å². The maximum absolute atomic E-state index is 11.2. The summed E-state index contributed by atoms with van der Waals surface area (Å²) < 4.78 is 22.9. The summed E-state index contributed by atoms with van der Waals surface area (Å²) >= 11 is -2.26. The van der Waals surface area contributed by atoms with Gasteiger partial charge in [0.1, 0.15) is 0 Å². The first-order valence-electron chi connectivity index (χ1n) is 4.59. The zero-order valence-electron chi connectivity index (χ0n) is 8.49. The van der Waals surface area contributed by atoms with Crippen LogP contribution in [0.5, 0.6) is 0 Å². The molecule has 6 heteroatoms. The Labute approximate surface area is 86.7 Å². The van der Waals surface area contributed by atoms with Crippen molar-refractivity contribution in [3.05, 3.63) is 0 Å². The van der Waals surface area contributed by atoms with Crippen molar-refractivity contribution in [3.8, 4) is 0 Å². The number of carbonyl (C=O) groups excluding carboxylic acids is 1. The molecule has 5 nitrogen and oxygen atoms in total. The Bertz CT molecular complexity index is 198. The van der Waals surface area contributed by atoms with Crippen LogP contribution in [0.1, 0.15) is 33.1 Å². The Balaban J connectivity index is 3.55. The van der Waals surface area contributed by atoms with E-state index in [0.717, 1.165) is 12.8 Å². The lowest BCUT2D eigenvalue weighted by molar-refractivity contribution is -0.122. The van der Waals surface area contributed by atoms with Gasteiger partial charge in [-0.2, -0.15) is 4.21 Å². The monoisotopic (exact) mass is 223 g/mol. The molecule has 0 radical (unpaired) electrons. The maximum atomic E-state index is 11.2. The molecule has 0 spiro atoms. The predicted octanol–water partition coefficient (Wildman–Crippen LogP) is 0.835. The van der Waals surface area contributed by atoms with Crippen LogP contribution in [-0.2, 0) is 20.3 Å². The molecule has 2 unspecified atom stereocenters. The zero-order valence-corrected chi connectivity index (χ0v) is 9.30. The molecule has 0 bridgehead atoms. The Morgan fingerprint density at radius 3 is 2.79 bits per heavy atom. The molecule has 2 N–H and O–H groups in total. The van der Waals surface area contributed by atoms with Crippen LogP contribution in [0.15, 0.2) is 0 Å². The third kappa shape index (κ3) is 8.15. The quantitative estimate of drug-likeness (QED) is 0.627. The predicted molar refractivity (Wildman–Crippen MR) is 53.9 cm³/mol. The first-order valence-corrected chi connectivity index (χ1v) is 5.63. The van der Waals surface area contributed by atoms with Gasteiger partial charge in [-0.15, -0.1) is 0 Å². The number of amides is 1. The van der Waals surface area contributed by atoms with Gasteiger partial charge in [-0.1, -0.05) is 13.3 Å². The fourth-order valence-corrected chi connectivity index (χ4v) is 1.21. The number of hydrogen-bond acceptors (Lipinski definition) is 3. The van der Waals surface area contributed by atoms with Crippen molar-refractivity contribution < 1.29 is 17.7 Å². The highest BCUT2D eigenvalue weighted by atomic mass is 32.2. The van der Waals surface area contributed by atoms with Gasteiger partial charge in [0.05, 0.1) is 12.6 Å². The second kappa shape index (κ2) is 7.90. The second-order valence-corrected chi connectivity index (χ2v) is 3.74. The van der Waals surface area contributed by atoms with Gasteiger partial charge in [-0.25, -0.2) is 0 Å². The number of unbranched alkanes of at least 4 members (excludes halogenated alkanes) is 1. The third-order valence-electron chi connectivity index (χ3n) is 1.58. The molecule has 1 amide bonds. The lowest BCUT2D eigenvalue weighted by Crippen LogP contribution is -2.35. The molecule has 0 saturated carbocycles. The van der Waals surface area contributed by atoms with Gasteiger partial charge in [0.25, 0.3) is 0 Å². The summed E-state index contributed by atoms with van der Waals surface area (Å²) in [7, 11) is 0. The molecule has 2 atom stereocenters. The second-order valence-electron chi connectivity index (χ2n) is 3.07. The molecule has 0 aliphatic carbocycles. The molecular formula is C8H17NO4S. The first kappa shape index (κ1) is 13.5. The summed E-state index contributed by atoms with van der Waals surface area (Å²) in [4.78, 5) is 11.2. The number of hydrogen-bond donors (Lipinski definition) is 2. The fourth-order valence-electron chi connectivity index (χ4n) is 0.886. The topological polar surface area (TPSA) is 75.6 Å². The molecule has 84 valence electrons. The Morgan fingerprint density at radius 2 is 2.29 bits per heavy atom. The Morgan fingerprint density at radius 1 is 1.64 bits per heavy atom. The van der Waals surface area contributed by atoms with E-state index in [-0.39, 0.29) is 18.6 Å². The van der Waals surface area contributed by atoms with Crippen LogP contribution in [0.25, 0.3) is 0 Å². The number of rotatable bonds is 7. The summed E-state index contributed by atoms with van der Waals surface area (Å²) in [5, 5.41) is 2.66. The Hall–Kier alpha value is -0.460. The first-order chi connectivity index (χ1) is 6.56. The lowest BCUT2D eigenvalue weighted by atomic mass is 10.2. The van der Waals surface area contributed by atoms with Crippen molar-refractivity contribution in [3.63, 3.8) is 0 Å². The van der Waals surface area contributed by atoms with Crippen molar-refractivity contribution in [2.75, 3.05) is 6.61 Å². The van der Waals surface area contributed by atoms with E-state index in [1.165, 1.54) is 0 Å². The lowest BCUT2D eigenvalue weighted by Gasteiger charge is -2.12. The summed E-state index contributed by atoms with van der Waals surface area (Å²) in [6.07, 6.45) is 2.31. The minimum Gasteiger partial charge on any atom is -0.351 e. The van der Waals surface area contributed by atoms with E-state index < -0.39 is 11.4 Å². The van der Waals surface area contributed by atoms with Gasteiger partial charge in [0.2, 0.25) is 5.91 Å². The van der Waals surface area contributed by atoms with Crippen molar-refractivity contribution in [2.24, 2.45) is 0 Å². The summed E-state index contributed by atoms with van der Waals surface area (Å²) in [5.74, 6) is -0.0494. The van der Waals surface area contributed by atoms with E-state index in [2.05, 4.69) is 9.50 Å². The Kier molecular flexibility index (Phi) is 7.64. The molecule has 0 rings (SSSR count). The normalized spacial score (nSPS) is 14.8. The number of carbonyl (C=O) groups is 1. The highest BCUT2D eigenvalue weighted by Crippen LogP contribution is 1.95. The van der Waals surface area contributed by atoms with Gasteiger partial charge in [-0.05, 0) is 13.3 Å². The van der Waals surface area contributed by atoms with Crippen LogP contribution in [0.3, 0.4) is 0 Å². The van der Waals surface area contributed by atoms with Crippen molar-refractivity contribution in [1.29, 1.82) is 0 Å². The van der Waals surface area contributed by atoms with Crippen LogP contribution < -0.4 is 5.32 Å². The highest BCUT2D eigenvalue weighted by Gasteiger charge is 2.07. The SMILES string of the molecule is CCCCC(=O)NC(C)COS(=O)O. The molecule has 0 saturated heterocycles. The molecule has 0 heterocycles. The van der Waals surface area contributed by atoms with E-state index in [1.807, 2.05) is 6.92 Å². The molecule has 0 aliphatic heterocycles. The molecule has 14 heavy (non-hydrogen) atoms. The van der Waals surface area contributed by atoms with Gasteiger partial charge in [0.15, 0.2) is 0 Å². The standard InChI is InChI=1S/C8H17NO4S/c1-3-4-5-8(10)9-7(2)6-13-14(11)12/h7H,3-6H2,1-2H3,(H,9,10)(H,11,12). The molecule has 0 fully saturated rings. The van der Waals surface area contributed by atoms with Gasteiger partial charge in [0, 0.05) is 6.42 Å². The van der Waals surface area contributed by atoms with Crippen LogP contribution in [0, 0.1) is 0 Å². The molecule has 0 aliphatic rings. The minimum atomic E-state index is -2.26. The molecule has 0 aromatic rings. The van der Waals surface area contributed by atoms with Crippen molar-refractivity contribution in [2.45, 2.75) is 39.2 Å². The fraction of sp³-hybridized carbons (Fsp3) is 0.875. The smallest absolute Gasteiger partial charge is 0.301 e. The van der Waals surface area contributed by atoms with Gasteiger partial charge >= 0.3 is 11.4 Å². The van der Waals surface area contributed by atoms with Crippen molar-refractivity contribution in [1.82, 2.24) is 5.32 Å². The average molecular weight is 223 g/mol. The van der Waals surface area contributed by atoms with E-state index in [4.69, 9.17) is 4.55 Å². The van der Waals surface area contributed by atoms with E-state index in [9.17, 15) is 9.00 Å².